The van der Waals surface area contributed by atoms with E-state index in [1.807, 2.05) is 19.1 Å². The van der Waals surface area contributed by atoms with Crippen LogP contribution in [-0.4, -0.2) is 10.8 Å². The predicted octanol–water partition coefficient (Wildman–Crippen LogP) is 3.07. The van der Waals surface area contributed by atoms with Gasteiger partial charge in [-0.15, -0.1) is 0 Å². The number of nitro benzene ring substituents is 1. The molecule has 0 spiro atoms. The highest BCUT2D eigenvalue weighted by Gasteiger charge is 2.26. The van der Waals surface area contributed by atoms with Crippen molar-refractivity contribution in [2.24, 2.45) is 0 Å². The van der Waals surface area contributed by atoms with Crippen molar-refractivity contribution in [3.63, 3.8) is 0 Å². The SMILES string of the molecule is Cc1ccc(C2NC(=O)c3cccc(C)c3N2)cc1[N+](=O)[O-]. The number of nitrogens with one attached hydrogen (secondary N) is 2. The third kappa shape index (κ3) is 2.28. The molecule has 1 amide bonds. The maximum Gasteiger partial charge on any atom is 0.272 e. The Labute approximate surface area is 127 Å². The summed E-state index contributed by atoms with van der Waals surface area (Å²) in [4.78, 5) is 22.9. The van der Waals surface area contributed by atoms with E-state index in [0.717, 1.165) is 11.3 Å². The topological polar surface area (TPSA) is 84.3 Å². The van der Waals surface area contributed by atoms with Crippen molar-refractivity contribution < 1.29 is 9.72 Å². The Bertz CT molecular complexity index is 786. The molecule has 2 aromatic rings. The molecule has 0 aromatic heterocycles. The van der Waals surface area contributed by atoms with E-state index in [-0.39, 0.29) is 11.6 Å². The minimum absolute atomic E-state index is 0.0455. The van der Waals surface area contributed by atoms with Gasteiger partial charge in [0.05, 0.1) is 16.2 Å². The first-order valence-corrected chi connectivity index (χ1v) is 6.89. The Morgan fingerprint density at radius 2 is 1.86 bits per heavy atom. The molecule has 6 nitrogen and oxygen atoms in total. The lowest BCUT2D eigenvalue weighted by atomic mass is 10.0. The second-order valence-electron chi connectivity index (χ2n) is 5.35. The Morgan fingerprint density at radius 3 is 2.59 bits per heavy atom. The third-order valence-corrected chi connectivity index (χ3v) is 3.84. The summed E-state index contributed by atoms with van der Waals surface area (Å²) in [5.74, 6) is -0.189. The fraction of sp³-hybridized carbons (Fsp3) is 0.188. The molecule has 0 radical (unpaired) electrons. The monoisotopic (exact) mass is 297 g/mol. The van der Waals surface area contributed by atoms with E-state index in [0.29, 0.717) is 16.7 Å². The Morgan fingerprint density at radius 1 is 1.09 bits per heavy atom. The van der Waals surface area contributed by atoms with E-state index in [4.69, 9.17) is 0 Å². The Balaban J connectivity index is 2.01. The van der Waals surface area contributed by atoms with Crippen LogP contribution in [0.25, 0.3) is 0 Å². The molecule has 2 N–H and O–H groups in total. The summed E-state index contributed by atoms with van der Waals surface area (Å²) in [6, 6.07) is 10.5. The van der Waals surface area contributed by atoms with Crippen LogP contribution in [-0.2, 0) is 0 Å². The summed E-state index contributed by atoms with van der Waals surface area (Å²) < 4.78 is 0. The van der Waals surface area contributed by atoms with Crippen LogP contribution >= 0.6 is 0 Å². The van der Waals surface area contributed by atoms with Gasteiger partial charge in [0, 0.05) is 17.2 Å². The van der Waals surface area contributed by atoms with E-state index in [9.17, 15) is 14.9 Å². The van der Waals surface area contributed by atoms with Crippen molar-refractivity contribution in [3.05, 3.63) is 68.8 Å². The number of hydrogen-bond donors (Lipinski definition) is 2. The van der Waals surface area contributed by atoms with E-state index in [1.54, 1.807) is 25.1 Å². The molecule has 0 saturated heterocycles. The normalized spacial score (nSPS) is 16.5. The van der Waals surface area contributed by atoms with Crippen LogP contribution < -0.4 is 10.6 Å². The van der Waals surface area contributed by atoms with Crippen LogP contribution in [0.3, 0.4) is 0 Å². The summed E-state index contributed by atoms with van der Waals surface area (Å²) in [6.45, 7) is 3.60. The van der Waals surface area contributed by atoms with Crippen LogP contribution in [0.15, 0.2) is 36.4 Å². The molecule has 0 aliphatic carbocycles. The zero-order chi connectivity index (χ0) is 15.9. The number of benzene rings is 2. The number of aryl methyl sites for hydroxylation is 2. The zero-order valence-electron chi connectivity index (χ0n) is 12.2. The van der Waals surface area contributed by atoms with Gasteiger partial charge >= 0.3 is 0 Å². The standard InChI is InChI=1S/C16H15N3O3/c1-9-6-7-11(8-13(9)19(21)22)15-17-14-10(2)4-3-5-12(14)16(20)18-15/h3-8,15,17H,1-2H3,(H,18,20). The number of nitrogens with zero attached hydrogens (tertiary/aromatic N) is 1. The molecule has 0 saturated carbocycles. The number of hydrogen-bond acceptors (Lipinski definition) is 4. The molecular formula is C16H15N3O3. The maximum absolute atomic E-state index is 12.2. The van der Waals surface area contributed by atoms with E-state index in [1.165, 1.54) is 6.07 Å². The van der Waals surface area contributed by atoms with E-state index in [2.05, 4.69) is 10.6 Å². The first-order chi connectivity index (χ1) is 10.5. The summed E-state index contributed by atoms with van der Waals surface area (Å²) >= 11 is 0. The van der Waals surface area contributed by atoms with Crippen LogP contribution in [0.2, 0.25) is 0 Å². The number of carbonyl (C=O) groups excluding carboxylic acids is 1. The summed E-state index contributed by atoms with van der Waals surface area (Å²) in [5, 5.41) is 17.1. The molecule has 1 heterocycles. The molecule has 6 heteroatoms. The van der Waals surface area contributed by atoms with Crippen molar-refractivity contribution in [2.75, 3.05) is 5.32 Å². The highest BCUT2D eigenvalue weighted by atomic mass is 16.6. The fourth-order valence-electron chi connectivity index (χ4n) is 2.61. The van der Waals surface area contributed by atoms with Gasteiger partial charge in [0.2, 0.25) is 0 Å². The van der Waals surface area contributed by atoms with Crippen LogP contribution in [0.4, 0.5) is 11.4 Å². The molecule has 112 valence electrons. The summed E-state index contributed by atoms with van der Waals surface area (Å²) in [5.41, 5.74) is 3.59. The highest BCUT2D eigenvalue weighted by Crippen LogP contribution is 2.31. The Hall–Kier alpha value is -2.89. The minimum Gasteiger partial charge on any atom is -0.361 e. The molecule has 0 bridgehead atoms. The van der Waals surface area contributed by atoms with Gasteiger partial charge in [0.1, 0.15) is 6.17 Å². The van der Waals surface area contributed by atoms with Gasteiger partial charge < -0.3 is 10.6 Å². The van der Waals surface area contributed by atoms with Crippen molar-refractivity contribution in [3.8, 4) is 0 Å². The van der Waals surface area contributed by atoms with Crippen molar-refractivity contribution >= 4 is 17.3 Å². The first-order valence-electron chi connectivity index (χ1n) is 6.89. The number of nitro groups is 1. The molecule has 22 heavy (non-hydrogen) atoms. The smallest absolute Gasteiger partial charge is 0.272 e. The number of rotatable bonds is 2. The third-order valence-electron chi connectivity index (χ3n) is 3.84. The van der Waals surface area contributed by atoms with Gasteiger partial charge in [-0.05, 0) is 25.5 Å². The predicted molar refractivity (Wildman–Crippen MR) is 82.8 cm³/mol. The number of fused-ring (bicyclic) bond motifs is 1. The zero-order valence-corrected chi connectivity index (χ0v) is 12.2. The quantitative estimate of drug-likeness (QED) is 0.659. The van der Waals surface area contributed by atoms with Crippen molar-refractivity contribution in [2.45, 2.75) is 20.0 Å². The Kier molecular flexibility index (Phi) is 3.29. The van der Waals surface area contributed by atoms with Gasteiger partial charge in [0.15, 0.2) is 0 Å². The average Bonchev–Trinajstić information content (AvgIpc) is 2.48. The van der Waals surface area contributed by atoms with Gasteiger partial charge in [-0.3, -0.25) is 14.9 Å². The van der Waals surface area contributed by atoms with Crippen LogP contribution in [0.5, 0.6) is 0 Å². The second kappa shape index (κ2) is 5.14. The lowest BCUT2D eigenvalue weighted by Gasteiger charge is -2.29. The summed E-state index contributed by atoms with van der Waals surface area (Å²) in [7, 11) is 0. The minimum atomic E-state index is -0.486. The highest BCUT2D eigenvalue weighted by molar-refractivity contribution is 6.02. The number of amides is 1. The lowest BCUT2D eigenvalue weighted by Crippen LogP contribution is -2.38. The fourth-order valence-corrected chi connectivity index (χ4v) is 2.61. The molecule has 1 aliphatic heterocycles. The first kappa shape index (κ1) is 14.1. The summed E-state index contributed by atoms with van der Waals surface area (Å²) in [6.07, 6.45) is -0.486. The molecule has 0 fully saturated rings. The van der Waals surface area contributed by atoms with Crippen molar-refractivity contribution in [1.82, 2.24) is 5.32 Å². The van der Waals surface area contributed by atoms with Gasteiger partial charge in [-0.1, -0.05) is 24.3 Å². The van der Waals surface area contributed by atoms with E-state index < -0.39 is 11.1 Å². The van der Waals surface area contributed by atoms with Gasteiger partial charge in [0.25, 0.3) is 11.6 Å². The van der Waals surface area contributed by atoms with Crippen molar-refractivity contribution in [1.29, 1.82) is 0 Å². The maximum atomic E-state index is 12.2. The molecule has 3 rings (SSSR count). The van der Waals surface area contributed by atoms with Crippen LogP contribution in [0.1, 0.15) is 33.2 Å². The number of carbonyl (C=O) groups is 1. The molecular weight excluding hydrogens is 282 g/mol. The molecule has 1 aliphatic rings. The van der Waals surface area contributed by atoms with Gasteiger partial charge in [-0.2, -0.15) is 0 Å². The molecule has 2 aromatic carbocycles. The average molecular weight is 297 g/mol. The molecule has 1 atom stereocenters. The number of anilines is 1. The molecule has 1 unspecified atom stereocenters. The lowest BCUT2D eigenvalue weighted by molar-refractivity contribution is -0.385. The van der Waals surface area contributed by atoms with Crippen LogP contribution in [0, 0.1) is 24.0 Å². The second-order valence-corrected chi connectivity index (χ2v) is 5.35. The van der Waals surface area contributed by atoms with Gasteiger partial charge in [-0.25, -0.2) is 0 Å². The number of para-hydroxylation sites is 1. The van der Waals surface area contributed by atoms with E-state index >= 15 is 0 Å². The largest absolute Gasteiger partial charge is 0.361 e.